The van der Waals surface area contributed by atoms with Crippen molar-refractivity contribution in [3.05, 3.63) is 53.2 Å². The van der Waals surface area contributed by atoms with Crippen LogP contribution in [0, 0.1) is 24.2 Å². The molecule has 5 atom stereocenters. The normalized spacial score (nSPS) is 30.4. The largest absolute Gasteiger partial charge is 0.457 e. The standard InChI is InChI=1S/C30H41NO5/c1-18-8-7-9-20(3)28(34)21(4)29(35)30(5,6)26(32)16-27(33)36-25(13-10-18)23-12-11-22-14-19(2)17-31-24(22)15-23/h10-12,14-15,17,20-21,25-26,28,32,34H,7-9,13,16H2,1-6H3/b18-10-/t20?,21?,25-,26?,28-/m0/s1. The second-order valence-electron chi connectivity index (χ2n) is 11.2. The number of rotatable bonds is 1. The number of aliphatic hydroxyl groups is 2. The Morgan fingerprint density at radius 1 is 1.08 bits per heavy atom. The van der Waals surface area contributed by atoms with E-state index >= 15 is 0 Å². The molecule has 0 saturated carbocycles. The number of aromatic nitrogens is 1. The molecular formula is C30H41NO5. The first-order valence-electron chi connectivity index (χ1n) is 13.0. The third-order valence-electron chi connectivity index (χ3n) is 7.74. The number of hydrogen-bond donors (Lipinski definition) is 2. The van der Waals surface area contributed by atoms with Crippen LogP contribution >= 0.6 is 0 Å². The Morgan fingerprint density at radius 2 is 1.81 bits per heavy atom. The fourth-order valence-corrected chi connectivity index (χ4v) is 5.00. The van der Waals surface area contributed by atoms with Crippen molar-refractivity contribution in [2.75, 3.05) is 0 Å². The number of Topliss-reactive ketones (excluding diaryl/α,β-unsaturated/α-hetero) is 1. The average molecular weight is 496 g/mol. The number of nitrogens with zero attached hydrogens (tertiary/aromatic N) is 1. The number of ketones is 1. The van der Waals surface area contributed by atoms with Crippen LogP contribution in [0.1, 0.15) is 84.0 Å². The number of allylic oxidation sites excluding steroid dienone is 1. The van der Waals surface area contributed by atoms with Crippen molar-refractivity contribution in [1.29, 1.82) is 0 Å². The van der Waals surface area contributed by atoms with E-state index in [1.54, 1.807) is 20.8 Å². The third-order valence-corrected chi connectivity index (χ3v) is 7.74. The highest BCUT2D eigenvalue weighted by Crippen LogP contribution is 2.33. The van der Waals surface area contributed by atoms with Gasteiger partial charge in [-0.3, -0.25) is 14.6 Å². The lowest BCUT2D eigenvalue weighted by Crippen LogP contribution is -2.45. The molecule has 0 saturated heterocycles. The van der Waals surface area contributed by atoms with Crippen molar-refractivity contribution in [3.8, 4) is 0 Å². The van der Waals surface area contributed by atoms with Gasteiger partial charge in [-0.1, -0.05) is 51.5 Å². The monoisotopic (exact) mass is 495 g/mol. The summed E-state index contributed by atoms with van der Waals surface area (Å²) in [4.78, 5) is 30.7. The maximum atomic E-state index is 13.2. The van der Waals surface area contributed by atoms with Crippen LogP contribution in [0.3, 0.4) is 0 Å². The van der Waals surface area contributed by atoms with E-state index < -0.39 is 35.6 Å². The number of aliphatic hydroxyl groups excluding tert-OH is 2. The summed E-state index contributed by atoms with van der Waals surface area (Å²) < 4.78 is 5.89. The highest BCUT2D eigenvalue weighted by molar-refractivity contribution is 5.88. The van der Waals surface area contributed by atoms with Crippen molar-refractivity contribution in [2.45, 2.75) is 92.0 Å². The molecule has 1 aliphatic rings. The van der Waals surface area contributed by atoms with E-state index in [1.807, 2.05) is 38.2 Å². The van der Waals surface area contributed by atoms with Gasteiger partial charge in [-0.15, -0.1) is 0 Å². The summed E-state index contributed by atoms with van der Waals surface area (Å²) >= 11 is 0. The van der Waals surface area contributed by atoms with Crippen LogP contribution in [0.2, 0.25) is 0 Å². The van der Waals surface area contributed by atoms with E-state index in [0.717, 1.165) is 41.3 Å². The number of pyridine rings is 1. The Bertz CT molecular complexity index is 1120. The molecule has 1 aromatic carbocycles. The fraction of sp³-hybridized carbons (Fsp3) is 0.567. The minimum atomic E-state index is -1.23. The summed E-state index contributed by atoms with van der Waals surface area (Å²) in [5.41, 5.74) is 2.73. The molecule has 0 spiro atoms. The fourth-order valence-electron chi connectivity index (χ4n) is 5.00. The number of cyclic esters (lactones) is 1. The van der Waals surface area contributed by atoms with Crippen LogP contribution in [0.4, 0.5) is 0 Å². The van der Waals surface area contributed by atoms with E-state index in [0.29, 0.717) is 6.42 Å². The van der Waals surface area contributed by atoms with Gasteiger partial charge in [0.15, 0.2) is 0 Å². The van der Waals surface area contributed by atoms with Gasteiger partial charge in [0.05, 0.1) is 29.6 Å². The molecule has 2 aromatic rings. The SMILES string of the molecule is C/C1=C/C[C@@H](c2ccc3cc(C)cnc3c2)OC(=O)CC(O)C(C)(C)C(=O)C(C)[C@@H](O)C(C)CCC1. The van der Waals surface area contributed by atoms with Crippen LogP contribution in [0.25, 0.3) is 10.9 Å². The van der Waals surface area contributed by atoms with Crippen LogP contribution in [-0.2, 0) is 14.3 Å². The molecule has 3 rings (SSSR count). The Kier molecular flexibility index (Phi) is 9.07. The second-order valence-corrected chi connectivity index (χ2v) is 11.2. The average Bonchev–Trinajstić information content (AvgIpc) is 2.83. The van der Waals surface area contributed by atoms with Gasteiger partial charge in [-0.25, -0.2) is 0 Å². The van der Waals surface area contributed by atoms with E-state index in [4.69, 9.17) is 4.74 Å². The molecule has 36 heavy (non-hydrogen) atoms. The van der Waals surface area contributed by atoms with Crippen molar-refractivity contribution in [1.82, 2.24) is 4.98 Å². The number of ether oxygens (including phenoxy) is 1. The van der Waals surface area contributed by atoms with Gasteiger partial charge < -0.3 is 14.9 Å². The molecule has 6 heteroatoms. The zero-order valence-electron chi connectivity index (χ0n) is 22.5. The third kappa shape index (κ3) is 6.60. The van der Waals surface area contributed by atoms with Gasteiger partial charge in [-0.2, -0.15) is 0 Å². The lowest BCUT2D eigenvalue weighted by molar-refractivity contribution is -0.155. The predicted molar refractivity (Wildman–Crippen MR) is 141 cm³/mol. The summed E-state index contributed by atoms with van der Waals surface area (Å²) in [6.07, 6.45) is 4.10. The first-order valence-corrected chi connectivity index (χ1v) is 13.0. The molecule has 0 aliphatic carbocycles. The van der Waals surface area contributed by atoms with Gasteiger partial charge in [0.25, 0.3) is 0 Å². The summed E-state index contributed by atoms with van der Waals surface area (Å²) in [5, 5.41) is 22.7. The molecule has 2 heterocycles. The summed E-state index contributed by atoms with van der Waals surface area (Å²) in [7, 11) is 0. The first kappa shape index (κ1) is 28.0. The lowest BCUT2D eigenvalue weighted by atomic mass is 9.73. The first-order chi connectivity index (χ1) is 16.9. The molecule has 0 bridgehead atoms. The van der Waals surface area contributed by atoms with Crippen LogP contribution in [0.5, 0.6) is 0 Å². The Balaban J connectivity index is 1.92. The van der Waals surface area contributed by atoms with E-state index in [-0.39, 0.29) is 18.1 Å². The van der Waals surface area contributed by atoms with E-state index in [1.165, 1.54) is 5.57 Å². The molecule has 1 aromatic heterocycles. The Hall–Kier alpha value is -2.57. The van der Waals surface area contributed by atoms with Crippen molar-refractivity contribution in [2.24, 2.45) is 17.3 Å². The zero-order chi connectivity index (χ0) is 26.6. The molecule has 0 radical (unpaired) electrons. The number of fused-ring (bicyclic) bond motifs is 1. The Morgan fingerprint density at radius 3 is 2.53 bits per heavy atom. The number of hydrogen-bond acceptors (Lipinski definition) is 6. The molecule has 0 fully saturated rings. The van der Waals surface area contributed by atoms with Crippen LogP contribution < -0.4 is 0 Å². The number of benzene rings is 1. The summed E-state index contributed by atoms with van der Waals surface area (Å²) in [5.74, 6) is -1.52. The topological polar surface area (TPSA) is 96.7 Å². The molecule has 3 unspecified atom stereocenters. The van der Waals surface area contributed by atoms with Gasteiger partial charge in [0.1, 0.15) is 11.9 Å². The summed E-state index contributed by atoms with van der Waals surface area (Å²) in [6.45, 7) is 11.0. The van der Waals surface area contributed by atoms with E-state index in [2.05, 4.69) is 24.1 Å². The summed E-state index contributed by atoms with van der Waals surface area (Å²) in [6, 6.07) is 7.95. The molecule has 0 amide bonds. The molecule has 2 N–H and O–H groups in total. The van der Waals surface area contributed by atoms with Gasteiger partial charge >= 0.3 is 5.97 Å². The van der Waals surface area contributed by atoms with Crippen molar-refractivity contribution >= 4 is 22.7 Å². The van der Waals surface area contributed by atoms with Gasteiger partial charge in [-0.05, 0) is 62.3 Å². The minimum Gasteiger partial charge on any atom is -0.457 e. The number of carbonyl (C=O) groups excluding carboxylic acids is 2. The van der Waals surface area contributed by atoms with Crippen LogP contribution in [0.15, 0.2) is 42.1 Å². The number of aryl methyl sites for hydroxylation is 1. The highest BCUT2D eigenvalue weighted by atomic mass is 16.5. The lowest BCUT2D eigenvalue weighted by Gasteiger charge is -2.34. The smallest absolute Gasteiger partial charge is 0.309 e. The predicted octanol–water partition coefficient (Wildman–Crippen LogP) is 5.63. The molecular weight excluding hydrogens is 454 g/mol. The van der Waals surface area contributed by atoms with E-state index in [9.17, 15) is 19.8 Å². The minimum absolute atomic E-state index is 0.0518. The Labute approximate surface area is 214 Å². The second kappa shape index (κ2) is 11.7. The molecule has 196 valence electrons. The number of esters is 1. The van der Waals surface area contributed by atoms with Crippen molar-refractivity contribution < 1.29 is 24.5 Å². The quantitative estimate of drug-likeness (QED) is 0.393. The van der Waals surface area contributed by atoms with Crippen LogP contribution in [-0.4, -0.2) is 39.2 Å². The number of carbonyl (C=O) groups is 2. The molecule has 1 aliphatic heterocycles. The maximum Gasteiger partial charge on any atom is 0.309 e. The van der Waals surface area contributed by atoms with Crippen molar-refractivity contribution in [3.63, 3.8) is 0 Å². The molecule has 6 nitrogen and oxygen atoms in total. The highest BCUT2D eigenvalue weighted by Gasteiger charge is 2.42. The zero-order valence-corrected chi connectivity index (χ0v) is 22.5. The van der Waals surface area contributed by atoms with Gasteiger partial charge in [0.2, 0.25) is 0 Å². The maximum absolute atomic E-state index is 13.2. The van der Waals surface area contributed by atoms with Gasteiger partial charge in [0, 0.05) is 23.9 Å².